The summed E-state index contributed by atoms with van der Waals surface area (Å²) in [5, 5.41) is 10.0. The maximum absolute atomic E-state index is 11.0. The summed E-state index contributed by atoms with van der Waals surface area (Å²) in [6.45, 7) is 6.13. The Bertz CT molecular complexity index is 617. The fraction of sp³-hybridized carbons (Fsp3) is 0.333. The number of aryl methyl sites for hydroxylation is 3. The predicted octanol–water partition coefficient (Wildman–Crippen LogP) is 3.62. The van der Waals surface area contributed by atoms with E-state index in [2.05, 4.69) is 11.1 Å². The molecule has 0 saturated carbocycles. The van der Waals surface area contributed by atoms with E-state index in [1.807, 2.05) is 32.9 Å². The average Bonchev–Trinajstić information content (AvgIpc) is 2.71. The van der Waals surface area contributed by atoms with Gasteiger partial charge in [0.2, 0.25) is 0 Å². The van der Waals surface area contributed by atoms with E-state index in [-0.39, 0.29) is 6.42 Å². The monoisotopic (exact) mass is 275 g/mol. The Morgan fingerprint density at radius 1 is 1.37 bits per heavy atom. The highest BCUT2D eigenvalue weighted by molar-refractivity contribution is 7.12. The number of thiazole rings is 1. The standard InChI is InChI=1S/C15H17NO2S/c1-4-13-16-15(12(19-13)8-14(17)18)11-6-5-9(2)7-10(11)3/h5-7H,4,8H2,1-3H3,(H,17,18). The number of hydrogen-bond acceptors (Lipinski definition) is 3. The molecule has 1 heterocycles. The van der Waals surface area contributed by atoms with Gasteiger partial charge in [0.15, 0.2) is 0 Å². The van der Waals surface area contributed by atoms with Gasteiger partial charge in [0.1, 0.15) is 0 Å². The molecule has 1 aromatic heterocycles. The molecule has 0 fully saturated rings. The largest absolute Gasteiger partial charge is 0.481 e. The molecule has 0 amide bonds. The van der Waals surface area contributed by atoms with Crippen LogP contribution in [0.15, 0.2) is 18.2 Å². The summed E-state index contributed by atoms with van der Waals surface area (Å²) in [6.07, 6.45) is 0.877. The van der Waals surface area contributed by atoms with Crippen molar-refractivity contribution >= 4 is 17.3 Å². The van der Waals surface area contributed by atoms with Crippen LogP contribution in [0.25, 0.3) is 11.3 Å². The molecule has 4 heteroatoms. The molecule has 0 spiro atoms. The van der Waals surface area contributed by atoms with Crippen molar-refractivity contribution in [3.05, 3.63) is 39.2 Å². The van der Waals surface area contributed by atoms with Gasteiger partial charge < -0.3 is 5.11 Å². The minimum Gasteiger partial charge on any atom is -0.481 e. The highest BCUT2D eigenvalue weighted by Crippen LogP contribution is 2.31. The molecule has 1 N–H and O–H groups in total. The molecule has 2 rings (SSSR count). The number of carboxylic acid groups (broad SMARTS) is 1. The molecular weight excluding hydrogens is 258 g/mol. The van der Waals surface area contributed by atoms with Crippen LogP contribution in [0.1, 0.15) is 27.9 Å². The molecule has 0 saturated heterocycles. The number of benzene rings is 1. The summed E-state index contributed by atoms with van der Waals surface area (Å²) in [6, 6.07) is 6.17. The maximum Gasteiger partial charge on any atom is 0.308 e. The average molecular weight is 275 g/mol. The van der Waals surface area contributed by atoms with Crippen LogP contribution < -0.4 is 0 Å². The van der Waals surface area contributed by atoms with E-state index in [9.17, 15) is 4.79 Å². The third-order valence-corrected chi connectivity index (χ3v) is 4.19. The van der Waals surface area contributed by atoms with E-state index in [0.717, 1.165) is 33.1 Å². The van der Waals surface area contributed by atoms with Crippen LogP contribution in [-0.2, 0) is 17.6 Å². The Balaban J connectivity index is 2.53. The van der Waals surface area contributed by atoms with E-state index < -0.39 is 5.97 Å². The third kappa shape index (κ3) is 3.01. The molecule has 1 aromatic carbocycles. The molecule has 0 aliphatic rings. The molecule has 3 nitrogen and oxygen atoms in total. The molecule has 100 valence electrons. The van der Waals surface area contributed by atoms with Gasteiger partial charge in [-0.25, -0.2) is 4.98 Å². The maximum atomic E-state index is 11.0. The van der Waals surface area contributed by atoms with Crippen molar-refractivity contribution in [2.75, 3.05) is 0 Å². The molecule has 0 bridgehead atoms. The Morgan fingerprint density at radius 2 is 2.11 bits per heavy atom. The first-order valence-corrected chi connectivity index (χ1v) is 7.11. The lowest BCUT2D eigenvalue weighted by Crippen LogP contribution is -2.00. The van der Waals surface area contributed by atoms with Crippen LogP contribution in [0.3, 0.4) is 0 Å². The van der Waals surface area contributed by atoms with Gasteiger partial charge in [-0.05, 0) is 25.8 Å². The van der Waals surface area contributed by atoms with Crippen molar-refractivity contribution in [3.63, 3.8) is 0 Å². The van der Waals surface area contributed by atoms with Crippen molar-refractivity contribution in [2.45, 2.75) is 33.6 Å². The van der Waals surface area contributed by atoms with Gasteiger partial charge in [0.25, 0.3) is 0 Å². The zero-order chi connectivity index (χ0) is 14.0. The molecule has 0 aliphatic heterocycles. The van der Waals surface area contributed by atoms with Crippen molar-refractivity contribution in [1.82, 2.24) is 4.98 Å². The van der Waals surface area contributed by atoms with Gasteiger partial charge in [-0.2, -0.15) is 0 Å². The fourth-order valence-corrected chi connectivity index (χ4v) is 3.11. The number of rotatable bonds is 4. The highest BCUT2D eigenvalue weighted by atomic mass is 32.1. The molecular formula is C15H17NO2S. The lowest BCUT2D eigenvalue weighted by atomic mass is 10.0. The smallest absolute Gasteiger partial charge is 0.308 e. The lowest BCUT2D eigenvalue weighted by molar-refractivity contribution is -0.136. The minimum absolute atomic E-state index is 0.0420. The Morgan fingerprint density at radius 3 is 2.68 bits per heavy atom. The van der Waals surface area contributed by atoms with E-state index in [0.29, 0.717) is 0 Å². The summed E-state index contributed by atoms with van der Waals surface area (Å²) in [7, 11) is 0. The van der Waals surface area contributed by atoms with E-state index in [4.69, 9.17) is 5.11 Å². The summed E-state index contributed by atoms with van der Waals surface area (Å²) in [5.74, 6) is -0.808. The fourth-order valence-electron chi connectivity index (χ4n) is 2.10. The first-order valence-electron chi connectivity index (χ1n) is 6.29. The molecule has 0 radical (unpaired) electrons. The number of hydrogen-bond donors (Lipinski definition) is 1. The Labute approximate surface area is 116 Å². The highest BCUT2D eigenvalue weighted by Gasteiger charge is 2.16. The first-order chi connectivity index (χ1) is 9.01. The second-order valence-electron chi connectivity index (χ2n) is 4.62. The van der Waals surface area contributed by atoms with Crippen molar-refractivity contribution in [3.8, 4) is 11.3 Å². The number of carbonyl (C=O) groups is 1. The quantitative estimate of drug-likeness (QED) is 0.927. The zero-order valence-corrected chi connectivity index (χ0v) is 12.2. The van der Waals surface area contributed by atoms with Crippen LogP contribution in [0.2, 0.25) is 0 Å². The van der Waals surface area contributed by atoms with Crippen LogP contribution in [0.4, 0.5) is 0 Å². The molecule has 2 aromatic rings. The number of nitrogens with zero attached hydrogens (tertiary/aromatic N) is 1. The first kappa shape index (κ1) is 13.7. The summed E-state index contributed by atoms with van der Waals surface area (Å²) in [5.41, 5.74) is 4.21. The predicted molar refractivity (Wildman–Crippen MR) is 77.7 cm³/mol. The third-order valence-electron chi connectivity index (χ3n) is 2.99. The summed E-state index contributed by atoms with van der Waals surface area (Å²) < 4.78 is 0. The Kier molecular flexibility index (Phi) is 4.00. The van der Waals surface area contributed by atoms with Crippen molar-refractivity contribution in [1.29, 1.82) is 0 Å². The Hall–Kier alpha value is -1.68. The van der Waals surface area contributed by atoms with Crippen LogP contribution in [-0.4, -0.2) is 16.1 Å². The van der Waals surface area contributed by atoms with Crippen LogP contribution >= 0.6 is 11.3 Å². The van der Waals surface area contributed by atoms with Crippen LogP contribution in [0.5, 0.6) is 0 Å². The summed E-state index contributed by atoms with van der Waals surface area (Å²) >= 11 is 1.50. The zero-order valence-electron chi connectivity index (χ0n) is 11.4. The number of aliphatic carboxylic acids is 1. The van der Waals surface area contributed by atoms with Gasteiger partial charge in [0.05, 0.1) is 17.1 Å². The normalized spacial score (nSPS) is 10.7. The van der Waals surface area contributed by atoms with E-state index in [1.54, 1.807) is 0 Å². The van der Waals surface area contributed by atoms with Gasteiger partial charge in [-0.1, -0.05) is 30.7 Å². The van der Waals surface area contributed by atoms with Gasteiger partial charge in [0, 0.05) is 10.4 Å². The molecule has 0 atom stereocenters. The van der Waals surface area contributed by atoms with E-state index >= 15 is 0 Å². The number of aromatic nitrogens is 1. The molecule has 0 aliphatic carbocycles. The second kappa shape index (κ2) is 5.53. The SMILES string of the molecule is CCc1nc(-c2ccc(C)cc2C)c(CC(=O)O)s1. The van der Waals surface area contributed by atoms with E-state index in [1.165, 1.54) is 16.9 Å². The van der Waals surface area contributed by atoms with Crippen molar-refractivity contribution < 1.29 is 9.90 Å². The summed E-state index contributed by atoms with van der Waals surface area (Å²) in [4.78, 5) is 16.4. The van der Waals surface area contributed by atoms with Gasteiger partial charge >= 0.3 is 5.97 Å². The minimum atomic E-state index is -0.808. The van der Waals surface area contributed by atoms with Crippen LogP contribution in [0, 0.1) is 13.8 Å². The second-order valence-corrected chi connectivity index (χ2v) is 5.79. The van der Waals surface area contributed by atoms with Crippen molar-refractivity contribution in [2.24, 2.45) is 0 Å². The van der Waals surface area contributed by atoms with Gasteiger partial charge in [-0.15, -0.1) is 11.3 Å². The molecule has 19 heavy (non-hydrogen) atoms. The van der Waals surface area contributed by atoms with Gasteiger partial charge in [-0.3, -0.25) is 4.79 Å². The molecule has 0 unspecified atom stereocenters. The lowest BCUT2D eigenvalue weighted by Gasteiger charge is -2.06. The number of carboxylic acids is 1. The topological polar surface area (TPSA) is 50.2 Å².